The van der Waals surface area contributed by atoms with E-state index in [0.29, 0.717) is 19.0 Å². The van der Waals surface area contributed by atoms with Gasteiger partial charge in [0.15, 0.2) is 0 Å². The Morgan fingerprint density at radius 2 is 2.23 bits per heavy atom. The highest BCUT2D eigenvalue weighted by Crippen LogP contribution is 1.98. The summed E-state index contributed by atoms with van der Waals surface area (Å²) in [5.74, 6) is 0.427. The lowest BCUT2D eigenvalue weighted by atomic mass is 10.5. The van der Waals surface area contributed by atoms with Gasteiger partial charge in [0.2, 0.25) is 5.88 Å². The van der Waals surface area contributed by atoms with Crippen molar-refractivity contribution in [3.05, 3.63) is 22.5 Å². The average molecular weight is 184 g/mol. The van der Waals surface area contributed by atoms with Crippen LogP contribution in [0.5, 0.6) is 5.88 Å². The van der Waals surface area contributed by atoms with Crippen LogP contribution in [0, 0.1) is 0 Å². The Kier molecular flexibility index (Phi) is 3.45. The van der Waals surface area contributed by atoms with Gasteiger partial charge in [-0.2, -0.15) is 0 Å². The molecule has 5 heteroatoms. The summed E-state index contributed by atoms with van der Waals surface area (Å²) >= 11 is 0. The zero-order valence-electron chi connectivity index (χ0n) is 7.69. The molecule has 1 rings (SSSR count). The molecular formula is C8H12N2O3. The first-order valence-electron chi connectivity index (χ1n) is 3.89. The van der Waals surface area contributed by atoms with Crippen LogP contribution in [0.2, 0.25) is 0 Å². The van der Waals surface area contributed by atoms with Gasteiger partial charge < -0.3 is 9.47 Å². The Morgan fingerprint density at radius 1 is 1.46 bits per heavy atom. The molecule has 13 heavy (non-hydrogen) atoms. The highest BCUT2D eigenvalue weighted by atomic mass is 16.5. The normalized spacial score (nSPS) is 10.0. The molecule has 0 bridgehead atoms. The van der Waals surface area contributed by atoms with Crippen LogP contribution in [0.25, 0.3) is 0 Å². The van der Waals surface area contributed by atoms with Crippen molar-refractivity contribution in [2.75, 3.05) is 20.8 Å². The molecule has 0 atom stereocenters. The molecule has 0 saturated carbocycles. The van der Waals surface area contributed by atoms with Crippen molar-refractivity contribution in [2.45, 2.75) is 6.54 Å². The van der Waals surface area contributed by atoms with E-state index < -0.39 is 0 Å². The van der Waals surface area contributed by atoms with Gasteiger partial charge in [0, 0.05) is 19.2 Å². The Bertz CT molecular complexity index is 321. The van der Waals surface area contributed by atoms with Crippen molar-refractivity contribution in [2.24, 2.45) is 0 Å². The van der Waals surface area contributed by atoms with E-state index in [4.69, 9.17) is 9.47 Å². The molecule has 0 aromatic carbocycles. The highest BCUT2D eigenvalue weighted by Gasteiger charge is 1.98. The van der Waals surface area contributed by atoms with E-state index in [9.17, 15) is 4.79 Å². The molecule has 1 aromatic rings. The lowest BCUT2D eigenvalue weighted by Gasteiger charge is -2.04. The van der Waals surface area contributed by atoms with E-state index >= 15 is 0 Å². The van der Waals surface area contributed by atoms with Gasteiger partial charge >= 0.3 is 0 Å². The first-order valence-corrected chi connectivity index (χ1v) is 3.89. The molecule has 5 nitrogen and oxygen atoms in total. The fourth-order valence-corrected chi connectivity index (χ4v) is 0.877. The third-order valence-corrected chi connectivity index (χ3v) is 1.56. The molecule has 0 unspecified atom stereocenters. The average Bonchev–Trinajstić information content (AvgIpc) is 2.17. The Labute approximate surface area is 75.9 Å². The lowest BCUT2D eigenvalue weighted by Crippen LogP contribution is -2.24. The van der Waals surface area contributed by atoms with Crippen LogP contribution in [-0.4, -0.2) is 30.6 Å². The summed E-state index contributed by atoms with van der Waals surface area (Å²) in [6.45, 7) is 0.895. The number of aromatic nitrogens is 2. The van der Waals surface area contributed by atoms with Crippen molar-refractivity contribution in [1.82, 2.24) is 9.78 Å². The Hall–Kier alpha value is -1.36. The van der Waals surface area contributed by atoms with E-state index in [2.05, 4.69) is 5.10 Å². The van der Waals surface area contributed by atoms with Crippen LogP contribution in [0.4, 0.5) is 0 Å². The van der Waals surface area contributed by atoms with E-state index in [1.54, 1.807) is 7.11 Å². The fourth-order valence-electron chi connectivity index (χ4n) is 0.877. The number of hydrogen-bond donors (Lipinski definition) is 0. The van der Waals surface area contributed by atoms with Gasteiger partial charge in [-0.3, -0.25) is 4.79 Å². The third-order valence-electron chi connectivity index (χ3n) is 1.56. The maximum Gasteiger partial charge on any atom is 0.267 e. The zero-order valence-corrected chi connectivity index (χ0v) is 7.69. The minimum absolute atomic E-state index is 0.155. The van der Waals surface area contributed by atoms with Crippen LogP contribution in [0.15, 0.2) is 16.9 Å². The van der Waals surface area contributed by atoms with E-state index in [0.717, 1.165) is 0 Å². The SMILES string of the molecule is COCCn1nc(OC)ccc1=O. The number of ether oxygens (including phenoxy) is 2. The van der Waals surface area contributed by atoms with Gasteiger partial charge in [0.25, 0.3) is 5.56 Å². The van der Waals surface area contributed by atoms with Crippen molar-refractivity contribution < 1.29 is 9.47 Å². The molecule has 1 heterocycles. The van der Waals surface area contributed by atoms with Crippen molar-refractivity contribution >= 4 is 0 Å². The van der Waals surface area contributed by atoms with Crippen molar-refractivity contribution in [3.63, 3.8) is 0 Å². The highest BCUT2D eigenvalue weighted by molar-refractivity contribution is 5.05. The van der Waals surface area contributed by atoms with E-state index in [-0.39, 0.29) is 5.56 Å². The van der Waals surface area contributed by atoms with Crippen molar-refractivity contribution in [3.8, 4) is 5.88 Å². The maximum atomic E-state index is 11.2. The second kappa shape index (κ2) is 4.61. The largest absolute Gasteiger partial charge is 0.480 e. The molecule has 0 saturated heterocycles. The van der Waals surface area contributed by atoms with Crippen LogP contribution in [0.1, 0.15) is 0 Å². The van der Waals surface area contributed by atoms with Gasteiger partial charge in [-0.25, -0.2) is 4.68 Å². The number of rotatable bonds is 4. The third kappa shape index (κ3) is 2.55. The molecule has 72 valence electrons. The molecule has 0 spiro atoms. The van der Waals surface area contributed by atoms with Gasteiger partial charge in [-0.15, -0.1) is 5.10 Å². The van der Waals surface area contributed by atoms with Gasteiger partial charge in [0.1, 0.15) is 0 Å². The minimum Gasteiger partial charge on any atom is -0.480 e. The maximum absolute atomic E-state index is 11.2. The predicted molar refractivity (Wildman–Crippen MR) is 46.9 cm³/mol. The summed E-state index contributed by atoms with van der Waals surface area (Å²) in [5.41, 5.74) is -0.155. The van der Waals surface area contributed by atoms with E-state index in [1.165, 1.54) is 23.9 Å². The lowest BCUT2D eigenvalue weighted by molar-refractivity contribution is 0.180. The number of nitrogens with zero attached hydrogens (tertiary/aromatic N) is 2. The quantitative estimate of drug-likeness (QED) is 0.655. The molecule has 0 aliphatic carbocycles. The predicted octanol–water partition coefficient (Wildman–Crippen LogP) is -0.102. The molecule has 0 N–H and O–H groups in total. The number of methoxy groups -OCH3 is 2. The standard InChI is InChI=1S/C8H12N2O3/c1-12-6-5-10-8(11)4-3-7(9-10)13-2/h3-4H,5-6H2,1-2H3. The molecule has 1 aromatic heterocycles. The van der Waals surface area contributed by atoms with Gasteiger partial charge in [0.05, 0.1) is 20.3 Å². The summed E-state index contributed by atoms with van der Waals surface area (Å²) in [6.07, 6.45) is 0. The first-order chi connectivity index (χ1) is 6.27. The summed E-state index contributed by atoms with van der Waals surface area (Å²) in [4.78, 5) is 11.2. The van der Waals surface area contributed by atoms with E-state index in [1.807, 2.05) is 0 Å². The van der Waals surface area contributed by atoms with Crippen LogP contribution in [0.3, 0.4) is 0 Å². The van der Waals surface area contributed by atoms with Crippen molar-refractivity contribution in [1.29, 1.82) is 0 Å². The van der Waals surface area contributed by atoms with Crippen LogP contribution < -0.4 is 10.3 Å². The summed E-state index contributed by atoms with van der Waals surface area (Å²) in [5, 5.41) is 3.93. The molecule has 0 radical (unpaired) electrons. The topological polar surface area (TPSA) is 53.4 Å². The Morgan fingerprint density at radius 3 is 2.85 bits per heavy atom. The monoisotopic (exact) mass is 184 g/mol. The summed E-state index contributed by atoms with van der Waals surface area (Å²) in [7, 11) is 3.08. The molecule has 0 amide bonds. The second-order valence-electron chi connectivity index (χ2n) is 2.43. The fraction of sp³-hybridized carbons (Fsp3) is 0.500. The summed E-state index contributed by atoms with van der Waals surface area (Å²) < 4.78 is 11.0. The molecule has 0 aliphatic rings. The smallest absolute Gasteiger partial charge is 0.267 e. The zero-order chi connectivity index (χ0) is 9.68. The minimum atomic E-state index is -0.155. The summed E-state index contributed by atoms with van der Waals surface area (Å²) in [6, 6.07) is 2.95. The van der Waals surface area contributed by atoms with Gasteiger partial charge in [-0.1, -0.05) is 0 Å². The Balaban J connectivity index is 2.84. The first kappa shape index (κ1) is 9.73. The second-order valence-corrected chi connectivity index (χ2v) is 2.43. The number of hydrogen-bond acceptors (Lipinski definition) is 4. The van der Waals surface area contributed by atoms with Gasteiger partial charge in [-0.05, 0) is 0 Å². The van der Waals surface area contributed by atoms with Crippen LogP contribution in [-0.2, 0) is 11.3 Å². The molecule has 0 aliphatic heterocycles. The molecule has 0 fully saturated rings. The van der Waals surface area contributed by atoms with Crippen LogP contribution >= 0.6 is 0 Å². The molecular weight excluding hydrogens is 172 g/mol.